The van der Waals surface area contributed by atoms with Gasteiger partial charge in [0.15, 0.2) is 0 Å². The molecule has 0 bridgehead atoms. The normalized spacial score (nSPS) is 10.7. The third kappa shape index (κ3) is 4.62. The van der Waals surface area contributed by atoms with E-state index >= 15 is 0 Å². The molecule has 0 unspecified atom stereocenters. The number of thiophene rings is 1. The van der Waals surface area contributed by atoms with E-state index in [4.69, 9.17) is 0 Å². The summed E-state index contributed by atoms with van der Waals surface area (Å²) in [5, 5.41) is 5.52. The molecule has 0 spiro atoms. The van der Waals surface area contributed by atoms with Crippen molar-refractivity contribution in [3.63, 3.8) is 0 Å². The number of anilines is 1. The van der Waals surface area contributed by atoms with E-state index in [1.54, 1.807) is 0 Å². The number of pyridine rings is 1. The van der Waals surface area contributed by atoms with E-state index in [-0.39, 0.29) is 0 Å². The highest BCUT2D eigenvalue weighted by molar-refractivity contribution is 7.09. The van der Waals surface area contributed by atoms with E-state index in [1.807, 2.05) is 17.5 Å². The van der Waals surface area contributed by atoms with Crippen LogP contribution in [0.1, 0.15) is 23.8 Å². The minimum absolute atomic E-state index is 0.903. The summed E-state index contributed by atoms with van der Waals surface area (Å²) in [5.41, 5.74) is 1.24. The van der Waals surface area contributed by atoms with E-state index < -0.39 is 0 Å². The van der Waals surface area contributed by atoms with Gasteiger partial charge in [-0.1, -0.05) is 19.1 Å². The standard InChI is InChI=1S/C16H23N3S/c1-3-9-17-12-14-6-7-16(18-13-14)19(2)10-8-15-5-4-11-20-15/h4-7,11,13,17H,3,8-10,12H2,1-2H3. The van der Waals surface area contributed by atoms with Crippen molar-refractivity contribution in [2.24, 2.45) is 0 Å². The number of nitrogens with zero attached hydrogens (tertiary/aromatic N) is 2. The van der Waals surface area contributed by atoms with E-state index in [1.165, 1.54) is 10.4 Å². The molecular formula is C16H23N3S. The Morgan fingerprint density at radius 2 is 2.20 bits per heavy atom. The van der Waals surface area contributed by atoms with Crippen LogP contribution in [0, 0.1) is 0 Å². The number of nitrogens with one attached hydrogen (secondary N) is 1. The van der Waals surface area contributed by atoms with Gasteiger partial charge in [0, 0.05) is 31.2 Å². The Kier molecular flexibility index (Phi) is 6.02. The second kappa shape index (κ2) is 8.02. The molecule has 108 valence electrons. The molecule has 0 aliphatic rings. The van der Waals surface area contributed by atoms with Gasteiger partial charge in [-0.15, -0.1) is 11.3 Å². The van der Waals surface area contributed by atoms with Crippen LogP contribution >= 0.6 is 11.3 Å². The summed E-state index contributed by atoms with van der Waals surface area (Å²) >= 11 is 1.82. The number of aromatic nitrogens is 1. The van der Waals surface area contributed by atoms with Gasteiger partial charge >= 0.3 is 0 Å². The monoisotopic (exact) mass is 289 g/mol. The molecule has 0 aliphatic carbocycles. The lowest BCUT2D eigenvalue weighted by molar-refractivity contribution is 0.673. The fourth-order valence-electron chi connectivity index (χ4n) is 2.00. The highest BCUT2D eigenvalue weighted by atomic mass is 32.1. The van der Waals surface area contributed by atoms with Crippen molar-refractivity contribution in [3.05, 3.63) is 46.3 Å². The van der Waals surface area contributed by atoms with Crippen LogP contribution in [0.5, 0.6) is 0 Å². The van der Waals surface area contributed by atoms with Gasteiger partial charge in [-0.2, -0.15) is 0 Å². The maximum atomic E-state index is 4.55. The lowest BCUT2D eigenvalue weighted by Crippen LogP contribution is -2.21. The third-order valence-corrected chi connectivity index (χ3v) is 4.17. The molecule has 0 amide bonds. The average molecular weight is 289 g/mol. The average Bonchev–Trinajstić information content (AvgIpc) is 2.99. The van der Waals surface area contributed by atoms with Crippen LogP contribution in [0.25, 0.3) is 0 Å². The van der Waals surface area contributed by atoms with E-state index in [9.17, 15) is 0 Å². The summed E-state index contributed by atoms with van der Waals surface area (Å²) in [6, 6.07) is 8.56. The molecule has 0 saturated carbocycles. The van der Waals surface area contributed by atoms with Crippen molar-refractivity contribution in [2.75, 3.05) is 25.0 Å². The molecule has 0 saturated heterocycles. The fraction of sp³-hybridized carbons (Fsp3) is 0.438. The molecule has 0 aliphatic heterocycles. The third-order valence-electron chi connectivity index (χ3n) is 3.23. The van der Waals surface area contributed by atoms with Crippen LogP contribution in [0.3, 0.4) is 0 Å². The van der Waals surface area contributed by atoms with Gasteiger partial charge in [-0.05, 0) is 42.5 Å². The Morgan fingerprint density at radius 1 is 1.30 bits per heavy atom. The zero-order valence-electron chi connectivity index (χ0n) is 12.3. The summed E-state index contributed by atoms with van der Waals surface area (Å²) in [6.07, 6.45) is 4.21. The number of hydrogen-bond acceptors (Lipinski definition) is 4. The summed E-state index contributed by atoms with van der Waals surface area (Å²) in [5.74, 6) is 1.04. The van der Waals surface area contributed by atoms with Gasteiger partial charge in [0.05, 0.1) is 0 Å². The second-order valence-corrected chi connectivity index (χ2v) is 5.98. The summed E-state index contributed by atoms with van der Waals surface area (Å²) in [4.78, 5) is 8.19. The van der Waals surface area contributed by atoms with Crippen LogP contribution in [0.4, 0.5) is 5.82 Å². The first-order valence-electron chi connectivity index (χ1n) is 7.18. The molecular weight excluding hydrogens is 266 g/mol. The Bertz CT molecular complexity index is 479. The van der Waals surface area contributed by atoms with Crippen molar-refractivity contribution < 1.29 is 0 Å². The Balaban J connectivity index is 1.82. The second-order valence-electron chi connectivity index (χ2n) is 4.95. The molecule has 2 rings (SSSR count). The van der Waals surface area contributed by atoms with Gasteiger partial charge in [-0.3, -0.25) is 0 Å². The first-order chi connectivity index (χ1) is 9.79. The van der Waals surface area contributed by atoms with Crippen LogP contribution in [0.2, 0.25) is 0 Å². The Morgan fingerprint density at radius 3 is 2.85 bits per heavy atom. The van der Waals surface area contributed by atoms with Gasteiger partial charge in [0.1, 0.15) is 5.82 Å². The molecule has 3 nitrogen and oxygen atoms in total. The lowest BCUT2D eigenvalue weighted by atomic mass is 10.2. The molecule has 20 heavy (non-hydrogen) atoms. The summed E-state index contributed by atoms with van der Waals surface area (Å²) < 4.78 is 0. The van der Waals surface area contributed by atoms with Gasteiger partial charge in [-0.25, -0.2) is 4.98 Å². The number of rotatable bonds is 8. The SMILES string of the molecule is CCCNCc1ccc(N(C)CCc2cccs2)nc1. The Labute approximate surface area is 125 Å². The number of hydrogen-bond donors (Lipinski definition) is 1. The molecule has 0 fully saturated rings. The van der Waals surface area contributed by atoms with Crippen molar-refractivity contribution in [3.8, 4) is 0 Å². The minimum Gasteiger partial charge on any atom is -0.359 e. The van der Waals surface area contributed by atoms with Crippen molar-refractivity contribution in [1.29, 1.82) is 0 Å². The molecule has 1 N–H and O–H groups in total. The molecule has 2 aromatic rings. The van der Waals surface area contributed by atoms with Crippen LogP contribution in [-0.4, -0.2) is 25.1 Å². The van der Waals surface area contributed by atoms with E-state index in [0.29, 0.717) is 0 Å². The molecule has 4 heteroatoms. The first-order valence-corrected chi connectivity index (χ1v) is 8.06. The summed E-state index contributed by atoms with van der Waals surface area (Å²) in [6.45, 7) is 5.14. The zero-order valence-corrected chi connectivity index (χ0v) is 13.1. The molecule has 2 heterocycles. The van der Waals surface area contributed by atoms with Crippen LogP contribution in [-0.2, 0) is 13.0 Å². The van der Waals surface area contributed by atoms with E-state index in [2.05, 4.69) is 58.8 Å². The number of likely N-dealkylation sites (N-methyl/N-ethyl adjacent to an activating group) is 1. The van der Waals surface area contributed by atoms with Crippen LogP contribution < -0.4 is 10.2 Å². The fourth-order valence-corrected chi connectivity index (χ4v) is 2.70. The largest absolute Gasteiger partial charge is 0.359 e. The van der Waals surface area contributed by atoms with Crippen molar-refractivity contribution in [1.82, 2.24) is 10.3 Å². The minimum atomic E-state index is 0.903. The van der Waals surface area contributed by atoms with Crippen LogP contribution in [0.15, 0.2) is 35.8 Å². The van der Waals surface area contributed by atoms with E-state index in [0.717, 1.165) is 38.3 Å². The topological polar surface area (TPSA) is 28.2 Å². The predicted molar refractivity (Wildman–Crippen MR) is 87.5 cm³/mol. The van der Waals surface area contributed by atoms with Gasteiger partial charge in [0.25, 0.3) is 0 Å². The predicted octanol–water partition coefficient (Wildman–Crippen LogP) is 3.32. The highest BCUT2D eigenvalue weighted by Crippen LogP contribution is 2.13. The first kappa shape index (κ1) is 15.0. The molecule has 2 aromatic heterocycles. The highest BCUT2D eigenvalue weighted by Gasteiger charge is 2.03. The van der Waals surface area contributed by atoms with Gasteiger partial charge in [0.2, 0.25) is 0 Å². The maximum absolute atomic E-state index is 4.55. The lowest BCUT2D eigenvalue weighted by Gasteiger charge is -2.18. The van der Waals surface area contributed by atoms with Crippen molar-refractivity contribution >= 4 is 17.2 Å². The molecule has 0 radical (unpaired) electrons. The quantitative estimate of drug-likeness (QED) is 0.756. The maximum Gasteiger partial charge on any atom is 0.128 e. The summed E-state index contributed by atoms with van der Waals surface area (Å²) in [7, 11) is 2.10. The van der Waals surface area contributed by atoms with Gasteiger partial charge < -0.3 is 10.2 Å². The zero-order chi connectivity index (χ0) is 14.2. The Hall–Kier alpha value is -1.39. The smallest absolute Gasteiger partial charge is 0.128 e. The molecule has 0 aromatic carbocycles. The molecule has 0 atom stereocenters. The van der Waals surface area contributed by atoms with Crippen molar-refractivity contribution in [2.45, 2.75) is 26.3 Å².